The molecule has 0 aliphatic rings. The van der Waals surface area contributed by atoms with Crippen LogP contribution < -0.4 is 15.2 Å². The van der Waals surface area contributed by atoms with E-state index in [9.17, 15) is 26.4 Å². The molecule has 2 aromatic carbocycles. The Morgan fingerprint density at radius 2 is 1.84 bits per heavy atom. The molecular weight excluding hydrogens is 471 g/mol. The van der Waals surface area contributed by atoms with Gasteiger partial charge in [-0.2, -0.15) is 0 Å². The Balaban J connectivity index is 1.91. The van der Waals surface area contributed by atoms with Gasteiger partial charge in [-0.15, -0.1) is 13.2 Å². The third-order valence-electron chi connectivity index (χ3n) is 4.14. The molecule has 0 bridgehead atoms. The molecule has 32 heavy (non-hydrogen) atoms. The van der Waals surface area contributed by atoms with Crippen molar-refractivity contribution in [2.45, 2.75) is 17.7 Å². The van der Waals surface area contributed by atoms with Crippen molar-refractivity contribution >= 4 is 33.2 Å². The number of alkyl halides is 3. The number of carbonyl (C=O) groups excluding carboxylic acids is 1. The predicted octanol–water partition coefficient (Wildman–Crippen LogP) is 4.13. The first-order chi connectivity index (χ1) is 14.9. The van der Waals surface area contributed by atoms with Gasteiger partial charge in [0.1, 0.15) is 5.75 Å². The number of hydrogen-bond donors (Lipinski definition) is 2. The lowest BCUT2D eigenvalue weighted by molar-refractivity contribution is -0.274. The Morgan fingerprint density at radius 1 is 1.12 bits per heavy atom. The summed E-state index contributed by atoms with van der Waals surface area (Å²) in [6, 6.07) is 11.5. The van der Waals surface area contributed by atoms with Crippen LogP contribution in [0.4, 0.5) is 18.9 Å². The van der Waals surface area contributed by atoms with Gasteiger partial charge in [0.15, 0.2) is 0 Å². The minimum Gasteiger partial charge on any atom is -0.404 e. The number of rotatable bonds is 6. The molecule has 1 aromatic heterocycles. The molecule has 0 aliphatic heterocycles. The lowest BCUT2D eigenvalue weighted by atomic mass is 10.1. The van der Waals surface area contributed by atoms with E-state index in [0.717, 1.165) is 24.5 Å². The number of hydrogen-bond acceptors (Lipinski definition) is 5. The molecule has 7 nitrogen and oxygen atoms in total. The van der Waals surface area contributed by atoms with Crippen molar-refractivity contribution in [2.75, 3.05) is 5.32 Å². The molecule has 1 heterocycles. The fourth-order valence-corrected chi connectivity index (χ4v) is 3.84. The normalized spacial score (nSPS) is 11.8. The first-order valence-corrected chi connectivity index (χ1v) is 10.8. The zero-order valence-corrected chi connectivity index (χ0v) is 17.6. The number of ether oxygens (including phenoxy) is 1. The van der Waals surface area contributed by atoms with E-state index in [4.69, 9.17) is 16.7 Å². The van der Waals surface area contributed by atoms with E-state index in [1.165, 1.54) is 12.1 Å². The highest BCUT2D eigenvalue weighted by atomic mass is 35.5. The number of nitrogens with one attached hydrogen (secondary N) is 1. The zero-order valence-electron chi connectivity index (χ0n) is 16.1. The number of benzene rings is 2. The standard InChI is InChI=1S/C20H15ClF3N3O4S/c21-17-4-2-1-3-12(17)8-19(28)27-14-5-6-16(18(9-14)32(25,29)30)13-7-15(11-26-10-13)31-20(22,23)24/h1-7,9-11H,8H2,(H,27,28)(H2,25,29,30). The SMILES string of the molecule is NS(=O)(=O)c1cc(NC(=O)Cc2ccccc2Cl)ccc1-c1cncc(OC(F)(F)F)c1. The highest BCUT2D eigenvalue weighted by Crippen LogP contribution is 2.32. The van der Waals surface area contributed by atoms with Gasteiger partial charge in [0.05, 0.1) is 17.5 Å². The molecular formula is C20H15ClF3N3O4S. The minimum absolute atomic E-state index is 0.0169. The van der Waals surface area contributed by atoms with Gasteiger partial charge in [-0.25, -0.2) is 13.6 Å². The van der Waals surface area contributed by atoms with Crippen molar-refractivity contribution in [3.8, 4) is 16.9 Å². The molecule has 168 valence electrons. The summed E-state index contributed by atoms with van der Waals surface area (Å²) in [6.07, 6.45) is -3.02. The average molecular weight is 486 g/mol. The van der Waals surface area contributed by atoms with Crippen molar-refractivity contribution < 1.29 is 31.1 Å². The monoisotopic (exact) mass is 485 g/mol. The maximum Gasteiger partial charge on any atom is 0.573 e. The van der Waals surface area contributed by atoms with Gasteiger partial charge in [-0.3, -0.25) is 9.78 Å². The molecule has 12 heteroatoms. The summed E-state index contributed by atoms with van der Waals surface area (Å²) in [7, 11) is -4.32. The Bertz CT molecular complexity index is 1270. The van der Waals surface area contributed by atoms with Gasteiger partial charge < -0.3 is 10.1 Å². The molecule has 3 N–H and O–H groups in total. The van der Waals surface area contributed by atoms with E-state index in [1.807, 2.05) is 0 Å². The van der Waals surface area contributed by atoms with Crippen LogP contribution in [0.5, 0.6) is 5.75 Å². The van der Waals surface area contributed by atoms with Crippen LogP contribution >= 0.6 is 11.6 Å². The number of anilines is 1. The molecule has 0 spiro atoms. The van der Waals surface area contributed by atoms with E-state index in [0.29, 0.717) is 10.6 Å². The molecule has 1 amide bonds. The number of sulfonamides is 1. The number of nitrogens with zero attached hydrogens (tertiary/aromatic N) is 1. The second kappa shape index (κ2) is 9.15. The lowest BCUT2D eigenvalue weighted by Gasteiger charge is -2.13. The molecule has 0 saturated carbocycles. The summed E-state index contributed by atoms with van der Waals surface area (Å²) < 4.78 is 65.5. The van der Waals surface area contributed by atoms with Crippen molar-refractivity contribution in [3.05, 3.63) is 71.5 Å². The Kier molecular flexibility index (Phi) is 6.72. The van der Waals surface area contributed by atoms with Crippen LogP contribution in [0.1, 0.15) is 5.56 Å². The zero-order chi connectivity index (χ0) is 23.5. The third-order valence-corrected chi connectivity index (χ3v) is 5.46. The summed E-state index contributed by atoms with van der Waals surface area (Å²) in [4.78, 5) is 15.6. The van der Waals surface area contributed by atoms with Crippen LogP contribution in [-0.2, 0) is 21.2 Å². The second-order valence-corrected chi connectivity index (χ2v) is 8.47. The number of primary sulfonamides is 1. The number of carbonyl (C=O) groups is 1. The summed E-state index contributed by atoms with van der Waals surface area (Å²) in [5.74, 6) is -1.10. The quantitative estimate of drug-likeness (QED) is 0.545. The van der Waals surface area contributed by atoms with E-state index < -0.39 is 32.9 Å². The summed E-state index contributed by atoms with van der Waals surface area (Å²) >= 11 is 6.04. The molecule has 3 rings (SSSR count). The smallest absolute Gasteiger partial charge is 0.404 e. The summed E-state index contributed by atoms with van der Waals surface area (Å²) in [5.41, 5.74) is 0.689. The summed E-state index contributed by atoms with van der Waals surface area (Å²) in [6.45, 7) is 0. The highest BCUT2D eigenvalue weighted by molar-refractivity contribution is 7.89. The molecule has 0 radical (unpaired) electrons. The first kappa shape index (κ1) is 23.5. The third kappa shape index (κ3) is 6.19. The topological polar surface area (TPSA) is 111 Å². The van der Waals surface area contributed by atoms with Gasteiger partial charge >= 0.3 is 6.36 Å². The van der Waals surface area contributed by atoms with Gasteiger partial charge in [-0.05, 0) is 29.8 Å². The molecule has 0 atom stereocenters. The molecule has 0 aliphatic carbocycles. The Morgan fingerprint density at radius 3 is 2.50 bits per heavy atom. The van der Waals surface area contributed by atoms with Crippen LogP contribution in [0.2, 0.25) is 5.02 Å². The van der Waals surface area contributed by atoms with Gasteiger partial charge in [0.2, 0.25) is 15.9 Å². The fourth-order valence-electron chi connectivity index (χ4n) is 2.85. The molecule has 3 aromatic rings. The highest BCUT2D eigenvalue weighted by Gasteiger charge is 2.31. The van der Waals surface area contributed by atoms with E-state index in [-0.39, 0.29) is 23.2 Å². The van der Waals surface area contributed by atoms with Gasteiger partial charge in [-0.1, -0.05) is 35.9 Å². The molecule has 0 saturated heterocycles. The van der Waals surface area contributed by atoms with Crippen molar-refractivity contribution in [3.63, 3.8) is 0 Å². The number of nitrogens with two attached hydrogens (primary N) is 1. The van der Waals surface area contributed by atoms with Crippen LogP contribution in [0.15, 0.2) is 65.8 Å². The minimum atomic E-state index is -4.95. The van der Waals surface area contributed by atoms with E-state index in [1.54, 1.807) is 24.3 Å². The summed E-state index contributed by atoms with van der Waals surface area (Å²) in [5, 5.41) is 8.23. The predicted molar refractivity (Wildman–Crippen MR) is 112 cm³/mol. The van der Waals surface area contributed by atoms with Crippen LogP contribution in [0, 0.1) is 0 Å². The Hall–Kier alpha value is -3.15. The van der Waals surface area contributed by atoms with E-state index in [2.05, 4.69) is 15.0 Å². The van der Waals surface area contributed by atoms with Crippen molar-refractivity contribution in [2.24, 2.45) is 5.14 Å². The van der Waals surface area contributed by atoms with Gasteiger partial charge in [0.25, 0.3) is 0 Å². The molecule has 0 unspecified atom stereocenters. The van der Waals surface area contributed by atoms with Crippen LogP contribution in [0.25, 0.3) is 11.1 Å². The van der Waals surface area contributed by atoms with E-state index >= 15 is 0 Å². The first-order valence-electron chi connectivity index (χ1n) is 8.84. The van der Waals surface area contributed by atoms with Crippen LogP contribution in [0.3, 0.4) is 0 Å². The average Bonchev–Trinajstić information content (AvgIpc) is 2.68. The van der Waals surface area contributed by atoms with Crippen molar-refractivity contribution in [1.82, 2.24) is 4.98 Å². The maximum atomic E-state index is 12.5. The van der Waals surface area contributed by atoms with Crippen molar-refractivity contribution in [1.29, 1.82) is 0 Å². The largest absolute Gasteiger partial charge is 0.573 e. The Labute approximate surface area is 186 Å². The fraction of sp³-hybridized carbons (Fsp3) is 0.100. The maximum absolute atomic E-state index is 12.5. The molecule has 0 fully saturated rings. The number of aromatic nitrogens is 1. The second-order valence-electron chi connectivity index (χ2n) is 6.53. The van der Waals surface area contributed by atoms with Gasteiger partial charge in [0, 0.05) is 28.0 Å². The number of amides is 1. The number of halogens is 4. The van der Waals surface area contributed by atoms with Crippen LogP contribution in [-0.4, -0.2) is 25.7 Å². The lowest BCUT2D eigenvalue weighted by Crippen LogP contribution is -2.18. The number of pyridine rings is 1.